The molecule has 2 aliphatic rings. The van der Waals surface area contributed by atoms with Gasteiger partial charge in [0.15, 0.2) is 0 Å². The summed E-state index contributed by atoms with van der Waals surface area (Å²) in [6.07, 6.45) is 1.80. The molecule has 6 heteroatoms. The summed E-state index contributed by atoms with van der Waals surface area (Å²) in [6, 6.07) is 8.83. The number of nitrogens with one attached hydrogen (secondary N) is 1. The van der Waals surface area contributed by atoms with Gasteiger partial charge >= 0.3 is 6.09 Å². The molecule has 1 heterocycles. The average molecular weight is 328 g/mol. The Morgan fingerprint density at radius 1 is 1.25 bits per heavy atom. The zero-order chi connectivity index (χ0) is 17.3. The first-order valence-electron chi connectivity index (χ1n) is 7.93. The van der Waals surface area contributed by atoms with Crippen LogP contribution in [-0.4, -0.2) is 35.9 Å². The van der Waals surface area contributed by atoms with Gasteiger partial charge in [-0.05, 0) is 18.9 Å². The quantitative estimate of drug-likeness (QED) is 0.679. The standard InChI is InChI=1S/C18H20N2O4/c1-11-8-13-15(17(22)20(2)16(13)21)14(9-11)19-18(23)24-10-12-6-4-3-5-7-12/h3-7,9,13-15H,8,10H2,1-2H3,(H,19,23). The minimum Gasteiger partial charge on any atom is -0.445 e. The van der Waals surface area contributed by atoms with Crippen molar-refractivity contribution < 1.29 is 19.1 Å². The van der Waals surface area contributed by atoms with Crippen molar-refractivity contribution in [2.24, 2.45) is 11.8 Å². The van der Waals surface area contributed by atoms with E-state index >= 15 is 0 Å². The lowest BCUT2D eigenvalue weighted by atomic mass is 9.78. The molecular weight excluding hydrogens is 308 g/mol. The van der Waals surface area contributed by atoms with Crippen LogP contribution in [0.5, 0.6) is 0 Å². The molecule has 3 amide bonds. The molecule has 1 aliphatic heterocycles. The Morgan fingerprint density at radius 3 is 2.67 bits per heavy atom. The smallest absolute Gasteiger partial charge is 0.407 e. The maximum Gasteiger partial charge on any atom is 0.407 e. The van der Waals surface area contributed by atoms with Crippen molar-refractivity contribution in [2.75, 3.05) is 7.05 Å². The van der Waals surface area contributed by atoms with Crippen LogP contribution < -0.4 is 5.32 Å². The maximum absolute atomic E-state index is 12.3. The van der Waals surface area contributed by atoms with E-state index in [0.717, 1.165) is 16.0 Å². The second-order valence-electron chi connectivity index (χ2n) is 6.32. The summed E-state index contributed by atoms with van der Waals surface area (Å²) in [4.78, 5) is 37.7. The lowest BCUT2D eigenvalue weighted by molar-refractivity contribution is -0.138. The molecule has 1 saturated heterocycles. The summed E-state index contributed by atoms with van der Waals surface area (Å²) >= 11 is 0. The van der Waals surface area contributed by atoms with E-state index in [1.54, 1.807) is 0 Å². The Labute approximate surface area is 140 Å². The molecule has 0 saturated carbocycles. The topological polar surface area (TPSA) is 75.7 Å². The van der Waals surface area contributed by atoms with Crippen molar-refractivity contribution in [1.29, 1.82) is 0 Å². The first-order chi connectivity index (χ1) is 11.5. The number of ether oxygens (including phenoxy) is 1. The van der Waals surface area contributed by atoms with E-state index in [4.69, 9.17) is 4.74 Å². The fraction of sp³-hybridized carbons (Fsp3) is 0.389. The monoisotopic (exact) mass is 328 g/mol. The third-order valence-electron chi connectivity index (χ3n) is 4.59. The molecule has 0 aromatic heterocycles. The summed E-state index contributed by atoms with van der Waals surface area (Å²) in [7, 11) is 1.49. The van der Waals surface area contributed by atoms with E-state index < -0.39 is 24.0 Å². The minimum absolute atomic E-state index is 0.156. The van der Waals surface area contributed by atoms with Crippen LogP contribution in [0.15, 0.2) is 42.0 Å². The van der Waals surface area contributed by atoms with Crippen molar-refractivity contribution in [3.8, 4) is 0 Å². The van der Waals surface area contributed by atoms with Crippen molar-refractivity contribution >= 4 is 17.9 Å². The largest absolute Gasteiger partial charge is 0.445 e. The van der Waals surface area contributed by atoms with Crippen molar-refractivity contribution in [1.82, 2.24) is 10.2 Å². The molecule has 0 spiro atoms. The molecule has 3 atom stereocenters. The van der Waals surface area contributed by atoms with E-state index in [1.165, 1.54) is 7.05 Å². The van der Waals surface area contributed by atoms with Gasteiger partial charge in [-0.15, -0.1) is 0 Å². The molecule has 6 nitrogen and oxygen atoms in total. The number of rotatable bonds is 3. The van der Waals surface area contributed by atoms with Crippen LogP contribution in [0.1, 0.15) is 18.9 Å². The van der Waals surface area contributed by atoms with Crippen LogP contribution in [0.3, 0.4) is 0 Å². The number of hydrogen-bond donors (Lipinski definition) is 1. The van der Waals surface area contributed by atoms with Gasteiger partial charge in [0.25, 0.3) is 0 Å². The zero-order valence-electron chi connectivity index (χ0n) is 13.7. The third-order valence-corrected chi connectivity index (χ3v) is 4.59. The molecule has 1 fully saturated rings. The fourth-order valence-electron chi connectivity index (χ4n) is 3.38. The number of carbonyl (C=O) groups is 3. The predicted octanol–water partition coefficient (Wildman–Crippen LogP) is 1.86. The molecule has 1 aromatic carbocycles. The molecule has 0 radical (unpaired) electrons. The van der Waals surface area contributed by atoms with Crippen LogP contribution >= 0.6 is 0 Å². The summed E-state index contributed by atoms with van der Waals surface area (Å²) < 4.78 is 5.21. The number of amides is 3. The van der Waals surface area contributed by atoms with Gasteiger partial charge in [-0.2, -0.15) is 0 Å². The van der Waals surface area contributed by atoms with Crippen LogP contribution in [0.4, 0.5) is 4.79 Å². The second-order valence-corrected chi connectivity index (χ2v) is 6.32. The van der Waals surface area contributed by atoms with E-state index in [1.807, 2.05) is 43.3 Å². The number of allylic oxidation sites excluding steroid dienone is 1. The number of imide groups is 1. The van der Waals surface area contributed by atoms with E-state index in [2.05, 4.69) is 5.32 Å². The number of hydrogen-bond acceptors (Lipinski definition) is 4. The van der Waals surface area contributed by atoms with Crippen molar-refractivity contribution in [3.05, 3.63) is 47.5 Å². The predicted molar refractivity (Wildman–Crippen MR) is 86.7 cm³/mol. The highest BCUT2D eigenvalue weighted by molar-refractivity contribution is 6.05. The average Bonchev–Trinajstić information content (AvgIpc) is 2.78. The SMILES string of the molecule is CC1=CC(NC(=O)OCc2ccccc2)C2C(=O)N(C)C(=O)C2C1. The van der Waals surface area contributed by atoms with Gasteiger partial charge in [-0.3, -0.25) is 14.5 Å². The Bertz CT molecular complexity index is 698. The summed E-state index contributed by atoms with van der Waals surface area (Å²) in [5.41, 5.74) is 1.87. The number of fused-ring (bicyclic) bond motifs is 1. The molecule has 3 rings (SSSR count). The summed E-state index contributed by atoms with van der Waals surface area (Å²) in [5, 5.41) is 2.73. The Balaban J connectivity index is 1.67. The van der Waals surface area contributed by atoms with Gasteiger partial charge in [-0.1, -0.05) is 42.0 Å². The van der Waals surface area contributed by atoms with Crippen LogP contribution in [0, 0.1) is 11.8 Å². The molecule has 1 aromatic rings. The van der Waals surface area contributed by atoms with Gasteiger partial charge in [0, 0.05) is 7.05 Å². The summed E-state index contributed by atoms with van der Waals surface area (Å²) in [5.74, 6) is -1.37. The highest BCUT2D eigenvalue weighted by Crippen LogP contribution is 2.37. The first kappa shape index (κ1) is 16.2. The number of carbonyl (C=O) groups excluding carboxylic acids is 3. The number of alkyl carbamates (subject to hydrolysis) is 1. The Morgan fingerprint density at radius 2 is 1.96 bits per heavy atom. The van der Waals surface area contributed by atoms with E-state index in [-0.39, 0.29) is 18.4 Å². The normalized spacial score (nSPS) is 26.0. The Hall–Kier alpha value is -2.63. The highest BCUT2D eigenvalue weighted by atomic mass is 16.5. The lowest BCUT2D eigenvalue weighted by Gasteiger charge is -2.28. The van der Waals surface area contributed by atoms with E-state index in [9.17, 15) is 14.4 Å². The molecule has 126 valence electrons. The first-order valence-corrected chi connectivity index (χ1v) is 7.93. The molecule has 0 bridgehead atoms. The summed E-state index contributed by atoms with van der Waals surface area (Å²) in [6.45, 7) is 2.05. The zero-order valence-corrected chi connectivity index (χ0v) is 13.7. The van der Waals surface area contributed by atoms with Crippen LogP contribution in [-0.2, 0) is 20.9 Å². The van der Waals surface area contributed by atoms with Gasteiger partial charge in [-0.25, -0.2) is 4.79 Å². The van der Waals surface area contributed by atoms with Gasteiger partial charge in [0.2, 0.25) is 11.8 Å². The number of benzene rings is 1. The van der Waals surface area contributed by atoms with Gasteiger partial charge in [0.1, 0.15) is 6.61 Å². The van der Waals surface area contributed by atoms with Gasteiger partial charge < -0.3 is 10.1 Å². The van der Waals surface area contributed by atoms with E-state index in [0.29, 0.717) is 6.42 Å². The van der Waals surface area contributed by atoms with Gasteiger partial charge in [0.05, 0.1) is 17.9 Å². The lowest BCUT2D eigenvalue weighted by Crippen LogP contribution is -2.46. The van der Waals surface area contributed by atoms with Crippen molar-refractivity contribution in [3.63, 3.8) is 0 Å². The number of nitrogens with zero attached hydrogens (tertiary/aromatic N) is 1. The fourth-order valence-corrected chi connectivity index (χ4v) is 3.38. The second kappa shape index (κ2) is 6.47. The molecule has 1 N–H and O–H groups in total. The molecule has 1 aliphatic carbocycles. The van der Waals surface area contributed by atoms with Crippen molar-refractivity contribution in [2.45, 2.75) is 26.0 Å². The number of likely N-dealkylation sites (tertiary alicyclic amines) is 1. The third kappa shape index (κ3) is 3.04. The highest BCUT2D eigenvalue weighted by Gasteiger charge is 2.51. The van der Waals surface area contributed by atoms with Crippen LogP contribution in [0.2, 0.25) is 0 Å². The molecule has 24 heavy (non-hydrogen) atoms. The minimum atomic E-state index is -0.594. The van der Waals surface area contributed by atoms with Crippen LogP contribution in [0.25, 0.3) is 0 Å². The molecular formula is C18H20N2O4. The molecule has 3 unspecified atom stereocenters. The Kier molecular flexibility index (Phi) is 4.38. The maximum atomic E-state index is 12.3.